The van der Waals surface area contributed by atoms with Crippen molar-refractivity contribution in [3.8, 4) is 0 Å². The van der Waals surface area contributed by atoms with Crippen molar-refractivity contribution in [1.29, 1.82) is 0 Å². The van der Waals surface area contributed by atoms with Gasteiger partial charge in [0.15, 0.2) is 0 Å². The minimum Gasteiger partial charge on any atom is -0.480 e. The summed E-state index contributed by atoms with van der Waals surface area (Å²) in [6.45, 7) is 0. The second kappa shape index (κ2) is 5.34. The predicted octanol–water partition coefficient (Wildman–Crippen LogP) is 2.00. The van der Waals surface area contributed by atoms with E-state index in [-0.39, 0.29) is 6.42 Å². The van der Waals surface area contributed by atoms with E-state index in [9.17, 15) is 18.3 Å². The molecule has 0 saturated heterocycles. The normalized spacial score (nSPS) is 20.0. The van der Waals surface area contributed by atoms with Gasteiger partial charge in [-0.2, -0.15) is 0 Å². The fourth-order valence-corrected chi connectivity index (χ4v) is 5.82. The molecule has 124 valence electrons. The van der Waals surface area contributed by atoms with Gasteiger partial charge in [-0.25, -0.2) is 13.2 Å². The minimum absolute atomic E-state index is 0.213. The number of sulfonamides is 1. The van der Waals surface area contributed by atoms with Crippen LogP contribution in [-0.2, 0) is 34.1 Å². The highest BCUT2D eigenvalue weighted by molar-refractivity contribution is 7.93. The van der Waals surface area contributed by atoms with E-state index in [1.54, 1.807) is 24.3 Å². The number of fused-ring (bicyclic) bond motifs is 2. The summed E-state index contributed by atoms with van der Waals surface area (Å²) in [5, 5.41) is 8.92. The van der Waals surface area contributed by atoms with Crippen LogP contribution in [0.25, 0.3) is 0 Å². The zero-order valence-electron chi connectivity index (χ0n) is 12.9. The van der Waals surface area contributed by atoms with Crippen molar-refractivity contribution in [1.82, 2.24) is 0 Å². The Morgan fingerprint density at radius 1 is 0.917 bits per heavy atom. The smallest absolute Gasteiger partial charge is 0.327 e. The minimum atomic E-state index is -3.76. The van der Waals surface area contributed by atoms with Gasteiger partial charge in [-0.05, 0) is 35.6 Å². The Bertz CT molecular complexity index is 897. The standard InChI is InChI=1S/C18H17NO4S/c20-18(21)17-11-14-7-3-4-8-16(14)19(17)24(22,23)15-9-12-5-1-2-6-13(12)10-15/h1-8,15,17H,9-11H2,(H,20,21)/t17-/m0/s1. The second-order valence-electron chi connectivity index (χ2n) is 6.33. The maximum atomic E-state index is 13.2. The van der Waals surface area contributed by atoms with Crippen molar-refractivity contribution in [2.75, 3.05) is 4.31 Å². The lowest BCUT2D eigenvalue weighted by atomic mass is 10.1. The number of nitrogens with zero attached hydrogens (tertiary/aromatic N) is 1. The summed E-state index contributed by atoms with van der Waals surface area (Å²) in [6, 6.07) is 13.7. The summed E-state index contributed by atoms with van der Waals surface area (Å²) >= 11 is 0. The van der Waals surface area contributed by atoms with Crippen LogP contribution in [0.4, 0.5) is 5.69 Å². The second-order valence-corrected chi connectivity index (χ2v) is 8.42. The molecule has 0 unspecified atom stereocenters. The van der Waals surface area contributed by atoms with Crippen LogP contribution in [0.3, 0.4) is 0 Å². The van der Waals surface area contributed by atoms with Gasteiger partial charge in [-0.15, -0.1) is 0 Å². The highest BCUT2D eigenvalue weighted by atomic mass is 32.2. The molecule has 0 bridgehead atoms. The average molecular weight is 343 g/mol. The highest BCUT2D eigenvalue weighted by Gasteiger charge is 2.46. The molecule has 0 aromatic heterocycles. The summed E-state index contributed by atoms with van der Waals surface area (Å²) < 4.78 is 27.6. The van der Waals surface area contributed by atoms with Gasteiger partial charge >= 0.3 is 5.97 Å². The van der Waals surface area contributed by atoms with Crippen molar-refractivity contribution in [2.24, 2.45) is 0 Å². The molecule has 4 rings (SSSR count). The molecule has 1 aliphatic heterocycles. The van der Waals surface area contributed by atoms with E-state index in [2.05, 4.69) is 0 Å². The van der Waals surface area contributed by atoms with Crippen molar-refractivity contribution in [3.05, 3.63) is 65.2 Å². The van der Waals surface area contributed by atoms with Gasteiger partial charge in [0.1, 0.15) is 6.04 Å². The van der Waals surface area contributed by atoms with E-state index in [1.807, 2.05) is 24.3 Å². The maximum absolute atomic E-state index is 13.2. The molecule has 2 aromatic rings. The zero-order valence-corrected chi connectivity index (χ0v) is 13.7. The van der Waals surface area contributed by atoms with Crippen LogP contribution in [0.5, 0.6) is 0 Å². The van der Waals surface area contributed by atoms with Crippen LogP contribution in [0, 0.1) is 0 Å². The molecule has 6 heteroatoms. The molecule has 0 spiro atoms. The molecule has 0 fully saturated rings. The number of hydrogen-bond donors (Lipinski definition) is 1. The molecule has 1 atom stereocenters. The molecule has 24 heavy (non-hydrogen) atoms. The Hall–Kier alpha value is -2.34. The summed E-state index contributed by atoms with van der Waals surface area (Å²) in [7, 11) is -3.76. The number of hydrogen-bond acceptors (Lipinski definition) is 3. The molecule has 0 amide bonds. The molecule has 2 aromatic carbocycles. The molecule has 5 nitrogen and oxygen atoms in total. The van der Waals surface area contributed by atoms with E-state index in [0.29, 0.717) is 18.5 Å². The summed E-state index contributed by atoms with van der Waals surface area (Å²) in [6.07, 6.45) is 1.08. The quantitative estimate of drug-likeness (QED) is 0.925. The number of para-hydroxylation sites is 1. The van der Waals surface area contributed by atoms with Gasteiger partial charge < -0.3 is 5.11 Å². The van der Waals surface area contributed by atoms with Gasteiger partial charge in [0.2, 0.25) is 10.0 Å². The van der Waals surface area contributed by atoms with Crippen LogP contribution in [0.15, 0.2) is 48.5 Å². The number of rotatable bonds is 3. The molecule has 0 saturated carbocycles. The molecule has 2 aliphatic rings. The van der Waals surface area contributed by atoms with Gasteiger partial charge in [-0.3, -0.25) is 4.31 Å². The first-order valence-electron chi connectivity index (χ1n) is 7.89. The number of aliphatic carboxylic acids is 1. The number of carboxylic acid groups (broad SMARTS) is 1. The first-order valence-corrected chi connectivity index (χ1v) is 9.39. The Morgan fingerprint density at radius 3 is 2.04 bits per heavy atom. The van der Waals surface area contributed by atoms with Gasteiger partial charge in [0.25, 0.3) is 0 Å². The molecule has 1 N–H and O–H groups in total. The topological polar surface area (TPSA) is 74.7 Å². The Kier molecular flexibility index (Phi) is 3.38. The van der Waals surface area contributed by atoms with Gasteiger partial charge in [0, 0.05) is 6.42 Å². The molecular weight excluding hydrogens is 326 g/mol. The lowest BCUT2D eigenvalue weighted by molar-refractivity contribution is -0.138. The van der Waals surface area contributed by atoms with Crippen LogP contribution < -0.4 is 4.31 Å². The Balaban J connectivity index is 1.75. The zero-order chi connectivity index (χ0) is 16.9. The average Bonchev–Trinajstić information content (AvgIpc) is 3.17. The monoisotopic (exact) mass is 343 g/mol. The Labute approximate surface area is 140 Å². The van der Waals surface area contributed by atoms with Crippen LogP contribution >= 0.6 is 0 Å². The first kappa shape index (κ1) is 15.2. The number of anilines is 1. The molecule has 1 heterocycles. The highest BCUT2D eigenvalue weighted by Crippen LogP contribution is 2.38. The van der Waals surface area contributed by atoms with Crippen molar-refractivity contribution in [3.63, 3.8) is 0 Å². The number of carboxylic acids is 1. The SMILES string of the molecule is O=C(O)[C@@H]1Cc2ccccc2N1S(=O)(=O)C1Cc2ccccc2C1. The third-order valence-electron chi connectivity index (χ3n) is 4.92. The third-order valence-corrected chi connectivity index (χ3v) is 7.09. The summed E-state index contributed by atoms with van der Waals surface area (Å²) in [5.41, 5.74) is 3.33. The fraction of sp³-hybridized carbons (Fsp3) is 0.278. The lowest BCUT2D eigenvalue weighted by Crippen LogP contribution is -2.47. The van der Waals surface area contributed by atoms with E-state index in [4.69, 9.17) is 0 Å². The predicted molar refractivity (Wildman–Crippen MR) is 90.6 cm³/mol. The fourth-order valence-electron chi connectivity index (χ4n) is 3.75. The van der Waals surface area contributed by atoms with E-state index >= 15 is 0 Å². The summed E-state index contributed by atoms with van der Waals surface area (Å²) in [5.74, 6) is -1.11. The van der Waals surface area contributed by atoms with Gasteiger partial charge in [0.05, 0.1) is 10.9 Å². The third kappa shape index (κ3) is 2.21. The first-order chi connectivity index (χ1) is 11.5. The number of carbonyl (C=O) groups is 1. The lowest BCUT2D eigenvalue weighted by Gasteiger charge is -2.27. The largest absolute Gasteiger partial charge is 0.480 e. The van der Waals surface area contributed by atoms with Crippen molar-refractivity contribution < 1.29 is 18.3 Å². The van der Waals surface area contributed by atoms with Crippen LogP contribution in [0.1, 0.15) is 16.7 Å². The number of benzene rings is 2. The molecular formula is C18H17NO4S. The van der Waals surface area contributed by atoms with Gasteiger partial charge in [-0.1, -0.05) is 42.5 Å². The maximum Gasteiger partial charge on any atom is 0.327 e. The van der Waals surface area contributed by atoms with E-state index in [1.165, 1.54) is 0 Å². The van der Waals surface area contributed by atoms with Crippen molar-refractivity contribution in [2.45, 2.75) is 30.6 Å². The van der Waals surface area contributed by atoms with E-state index in [0.717, 1.165) is 21.0 Å². The van der Waals surface area contributed by atoms with Crippen LogP contribution in [-0.4, -0.2) is 30.8 Å². The Morgan fingerprint density at radius 2 is 1.46 bits per heavy atom. The molecule has 0 radical (unpaired) electrons. The van der Waals surface area contributed by atoms with Crippen molar-refractivity contribution >= 4 is 21.7 Å². The van der Waals surface area contributed by atoms with Crippen LogP contribution in [0.2, 0.25) is 0 Å². The molecule has 1 aliphatic carbocycles. The summed E-state index contributed by atoms with van der Waals surface area (Å²) in [4.78, 5) is 11.7. The van der Waals surface area contributed by atoms with E-state index < -0.39 is 27.3 Å².